The fourth-order valence-corrected chi connectivity index (χ4v) is 2.13. The highest BCUT2D eigenvalue weighted by molar-refractivity contribution is 5.77. The summed E-state index contributed by atoms with van der Waals surface area (Å²) in [5, 5.41) is 0. The minimum Gasteiger partial charge on any atom is -0.340 e. The molecule has 0 aromatic carbocycles. The summed E-state index contributed by atoms with van der Waals surface area (Å²) in [7, 11) is 1.95. The van der Waals surface area contributed by atoms with Gasteiger partial charge in [0.25, 0.3) is 0 Å². The molecule has 1 heterocycles. The summed E-state index contributed by atoms with van der Waals surface area (Å²) in [5.41, 5.74) is 0.0888. The van der Waals surface area contributed by atoms with E-state index in [1.807, 2.05) is 11.9 Å². The van der Waals surface area contributed by atoms with Crippen LogP contribution in [0.5, 0.6) is 0 Å². The van der Waals surface area contributed by atoms with Crippen LogP contribution >= 0.6 is 0 Å². The summed E-state index contributed by atoms with van der Waals surface area (Å²) in [6.45, 7) is 12.9. The van der Waals surface area contributed by atoms with Gasteiger partial charge in [-0.15, -0.1) is 0 Å². The van der Waals surface area contributed by atoms with Crippen molar-refractivity contribution >= 4 is 5.91 Å². The second-order valence-electron chi connectivity index (χ2n) is 6.61. The van der Waals surface area contributed by atoms with Gasteiger partial charge in [0.05, 0.1) is 6.04 Å². The van der Waals surface area contributed by atoms with E-state index < -0.39 is 0 Å². The first-order valence-corrected chi connectivity index (χ1v) is 6.74. The van der Waals surface area contributed by atoms with Crippen molar-refractivity contribution in [2.75, 3.05) is 20.1 Å². The van der Waals surface area contributed by atoms with Crippen molar-refractivity contribution in [2.24, 2.45) is 5.41 Å². The van der Waals surface area contributed by atoms with E-state index in [9.17, 15) is 4.79 Å². The minimum atomic E-state index is 0.0888. The maximum Gasteiger partial charge on any atom is 0.223 e. The topological polar surface area (TPSA) is 23.6 Å². The van der Waals surface area contributed by atoms with Crippen LogP contribution < -0.4 is 0 Å². The third kappa shape index (κ3) is 3.98. The molecule has 1 atom stereocenters. The van der Waals surface area contributed by atoms with E-state index in [2.05, 4.69) is 39.5 Å². The highest BCUT2D eigenvalue weighted by atomic mass is 16.2. The number of hydrogen-bond acceptors (Lipinski definition) is 2. The Kier molecular flexibility index (Phi) is 4.59. The lowest BCUT2D eigenvalue weighted by Gasteiger charge is -2.47. The highest BCUT2D eigenvalue weighted by Crippen LogP contribution is 2.23. The molecule has 0 N–H and O–H groups in total. The van der Waals surface area contributed by atoms with Crippen molar-refractivity contribution < 1.29 is 4.79 Å². The van der Waals surface area contributed by atoms with Gasteiger partial charge in [0.1, 0.15) is 0 Å². The van der Waals surface area contributed by atoms with E-state index in [0.717, 1.165) is 13.1 Å². The quantitative estimate of drug-likeness (QED) is 0.753. The van der Waals surface area contributed by atoms with Gasteiger partial charge in [-0.05, 0) is 18.8 Å². The third-order valence-electron chi connectivity index (χ3n) is 3.73. The van der Waals surface area contributed by atoms with Gasteiger partial charge in [-0.25, -0.2) is 0 Å². The molecule has 0 spiro atoms. The van der Waals surface area contributed by atoms with Crippen LogP contribution in [0.15, 0.2) is 0 Å². The van der Waals surface area contributed by atoms with Crippen LogP contribution in [-0.4, -0.2) is 47.9 Å². The molecule has 0 saturated carbocycles. The predicted molar refractivity (Wildman–Crippen MR) is 72.0 cm³/mol. The van der Waals surface area contributed by atoms with E-state index in [1.54, 1.807) is 0 Å². The molecular weight excluding hydrogens is 212 g/mol. The zero-order chi connectivity index (χ0) is 13.2. The fraction of sp³-hybridized carbons (Fsp3) is 0.929. The van der Waals surface area contributed by atoms with Gasteiger partial charge in [-0.3, -0.25) is 9.69 Å². The largest absolute Gasteiger partial charge is 0.340 e. The summed E-state index contributed by atoms with van der Waals surface area (Å²) in [5.74, 6) is 0.284. The summed E-state index contributed by atoms with van der Waals surface area (Å²) in [4.78, 5) is 16.4. The Morgan fingerprint density at radius 3 is 2.35 bits per heavy atom. The van der Waals surface area contributed by atoms with E-state index >= 15 is 0 Å². The third-order valence-corrected chi connectivity index (χ3v) is 3.73. The molecule has 100 valence electrons. The molecule has 1 saturated heterocycles. The fourth-order valence-electron chi connectivity index (χ4n) is 2.13. The van der Waals surface area contributed by atoms with Crippen LogP contribution in [0, 0.1) is 5.41 Å². The number of rotatable bonds is 4. The average molecular weight is 240 g/mol. The van der Waals surface area contributed by atoms with Crippen molar-refractivity contribution in [3.05, 3.63) is 0 Å². The maximum atomic E-state index is 12.0. The molecule has 0 radical (unpaired) electrons. The van der Waals surface area contributed by atoms with E-state index in [4.69, 9.17) is 0 Å². The van der Waals surface area contributed by atoms with Gasteiger partial charge in [0.2, 0.25) is 5.91 Å². The molecule has 0 bridgehead atoms. The first kappa shape index (κ1) is 14.5. The SMILES string of the molecule is CCC(C)N1CC(N(C)C(=O)CC(C)(C)C)C1. The smallest absolute Gasteiger partial charge is 0.223 e. The standard InChI is InChI=1S/C14H28N2O/c1-7-11(2)16-9-12(10-16)15(6)13(17)8-14(3,4)5/h11-12H,7-10H2,1-6H3. The van der Waals surface area contributed by atoms with E-state index in [0.29, 0.717) is 18.5 Å². The van der Waals surface area contributed by atoms with Gasteiger partial charge in [-0.2, -0.15) is 0 Å². The number of likely N-dealkylation sites (tertiary alicyclic amines) is 1. The summed E-state index contributed by atoms with van der Waals surface area (Å²) in [6, 6.07) is 1.08. The predicted octanol–water partition coefficient (Wildman–Crippen LogP) is 2.36. The van der Waals surface area contributed by atoms with Crippen LogP contribution in [0.3, 0.4) is 0 Å². The molecule has 3 nitrogen and oxygen atoms in total. The van der Waals surface area contributed by atoms with Crippen molar-refractivity contribution in [2.45, 2.75) is 59.5 Å². The Balaban J connectivity index is 2.36. The maximum absolute atomic E-state index is 12.0. The Morgan fingerprint density at radius 1 is 1.41 bits per heavy atom. The van der Waals surface area contributed by atoms with Gasteiger partial charge in [0.15, 0.2) is 0 Å². The van der Waals surface area contributed by atoms with Gasteiger partial charge < -0.3 is 4.90 Å². The van der Waals surface area contributed by atoms with Gasteiger partial charge in [0, 0.05) is 32.6 Å². The molecule has 1 unspecified atom stereocenters. The normalized spacial score (nSPS) is 19.9. The van der Waals surface area contributed by atoms with Crippen LogP contribution in [0.2, 0.25) is 0 Å². The lowest BCUT2D eigenvalue weighted by atomic mass is 9.91. The first-order chi connectivity index (χ1) is 7.74. The van der Waals surface area contributed by atoms with E-state index in [-0.39, 0.29) is 11.3 Å². The molecule has 1 rings (SSSR count). The zero-order valence-corrected chi connectivity index (χ0v) is 12.3. The van der Waals surface area contributed by atoms with Crippen LogP contribution in [-0.2, 0) is 4.79 Å². The summed E-state index contributed by atoms with van der Waals surface area (Å²) < 4.78 is 0. The average Bonchev–Trinajstić information content (AvgIpc) is 2.12. The number of amides is 1. The Labute approximate surface area is 106 Å². The van der Waals surface area contributed by atoms with Gasteiger partial charge >= 0.3 is 0 Å². The summed E-state index contributed by atoms with van der Waals surface area (Å²) >= 11 is 0. The Bertz CT molecular complexity index is 264. The van der Waals surface area contributed by atoms with Crippen molar-refractivity contribution in [3.63, 3.8) is 0 Å². The van der Waals surface area contributed by atoms with Crippen LogP contribution in [0.1, 0.15) is 47.5 Å². The number of carbonyl (C=O) groups is 1. The van der Waals surface area contributed by atoms with Crippen molar-refractivity contribution in [1.29, 1.82) is 0 Å². The molecule has 1 aliphatic rings. The molecular formula is C14H28N2O. The lowest BCUT2D eigenvalue weighted by molar-refractivity contribution is -0.137. The van der Waals surface area contributed by atoms with Crippen LogP contribution in [0.25, 0.3) is 0 Å². The number of hydrogen-bond donors (Lipinski definition) is 0. The summed E-state index contributed by atoms with van der Waals surface area (Å²) in [6.07, 6.45) is 1.83. The molecule has 17 heavy (non-hydrogen) atoms. The molecule has 1 fully saturated rings. The Morgan fingerprint density at radius 2 is 1.94 bits per heavy atom. The molecule has 0 aromatic rings. The second kappa shape index (κ2) is 5.38. The number of nitrogens with zero attached hydrogens (tertiary/aromatic N) is 2. The molecule has 0 aromatic heterocycles. The monoisotopic (exact) mass is 240 g/mol. The second-order valence-corrected chi connectivity index (χ2v) is 6.61. The number of likely N-dealkylation sites (N-methyl/N-ethyl adjacent to an activating group) is 1. The molecule has 3 heteroatoms. The lowest BCUT2D eigenvalue weighted by Crippen LogP contribution is -2.62. The highest BCUT2D eigenvalue weighted by Gasteiger charge is 2.34. The molecule has 1 aliphatic heterocycles. The van der Waals surface area contributed by atoms with Crippen LogP contribution in [0.4, 0.5) is 0 Å². The Hall–Kier alpha value is -0.570. The zero-order valence-electron chi connectivity index (χ0n) is 12.3. The van der Waals surface area contributed by atoms with Crippen molar-refractivity contribution in [3.8, 4) is 0 Å². The van der Waals surface area contributed by atoms with Crippen molar-refractivity contribution in [1.82, 2.24) is 9.80 Å². The first-order valence-electron chi connectivity index (χ1n) is 6.74. The van der Waals surface area contributed by atoms with Gasteiger partial charge in [-0.1, -0.05) is 27.7 Å². The molecule has 0 aliphatic carbocycles. The minimum absolute atomic E-state index is 0.0888. The molecule has 1 amide bonds. The van der Waals surface area contributed by atoms with E-state index in [1.165, 1.54) is 6.42 Å². The number of carbonyl (C=O) groups excluding carboxylic acids is 1.